The standard InChI is InChI=1S/C11H12BrN3S/c1-3-16-11-14-13-8(2)15(11)10-6-4-9(12)5-7-10/h4-7H,3H2,1-2H3. The van der Waals surface area contributed by atoms with Gasteiger partial charge in [0.25, 0.3) is 0 Å². The molecule has 0 aliphatic carbocycles. The van der Waals surface area contributed by atoms with Crippen LogP contribution in [0.2, 0.25) is 0 Å². The van der Waals surface area contributed by atoms with E-state index in [1.54, 1.807) is 11.8 Å². The van der Waals surface area contributed by atoms with Gasteiger partial charge in [-0.05, 0) is 36.9 Å². The molecular formula is C11H12BrN3S. The van der Waals surface area contributed by atoms with Gasteiger partial charge in [0.05, 0.1) is 0 Å². The maximum absolute atomic E-state index is 4.17. The summed E-state index contributed by atoms with van der Waals surface area (Å²) in [5.74, 6) is 1.91. The van der Waals surface area contributed by atoms with Crippen LogP contribution < -0.4 is 0 Å². The Morgan fingerprint density at radius 3 is 2.56 bits per heavy atom. The molecule has 0 spiro atoms. The van der Waals surface area contributed by atoms with Gasteiger partial charge in [-0.25, -0.2) is 0 Å². The Morgan fingerprint density at radius 2 is 1.94 bits per heavy atom. The number of halogens is 1. The molecule has 2 aromatic rings. The summed E-state index contributed by atoms with van der Waals surface area (Å²) in [4.78, 5) is 0. The molecule has 3 nitrogen and oxygen atoms in total. The zero-order valence-corrected chi connectivity index (χ0v) is 11.5. The number of thioether (sulfide) groups is 1. The fourth-order valence-corrected chi connectivity index (χ4v) is 2.44. The van der Waals surface area contributed by atoms with Crippen LogP contribution in [0.5, 0.6) is 0 Å². The van der Waals surface area contributed by atoms with Crippen LogP contribution in [-0.2, 0) is 0 Å². The van der Waals surface area contributed by atoms with E-state index in [1.807, 2.05) is 19.1 Å². The van der Waals surface area contributed by atoms with Crippen molar-refractivity contribution < 1.29 is 0 Å². The maximum Gasteiger partial charge on any atom is 0.195 e. The summed E-state index contributed by atoms with van der Waals surface area (Å²) in [6, 6.07) is 8.16. The van der Waals surface area contributed by atoms with Crippen LogP contribution in [0.25, 0.3) is 5.69 Å². The van der Waals surface area contributed by atoms with Gasteiger partial charge in [0.1, 0.15) is 5.82 Å². The first-order valence-electron chi connectivity index (χ1n) is 5.03. The molecule has 84 valence electrons. The van der Waals surface area contributed by atoms with Crippen molar-refractivity contribution in [1.82, 2.24) is 14.8 Å². The first kappa shape index (κ1) is 11.7. The Kier molecular flexibility index (Phi) is 3.66. The summed E-state index contributed by atoms with van der Waals surface area (Å²) < 4.78 is 3.15. The quantitative estimate of drug-likeness (QED) is 0.813. The lowest BCUT2D eigenvalue weighted by Crippen LogP contribution is -1.98. The molecule has 0 radical (unpaired) electrons. The lowest BCUT2D eigenvalue weighted by atomic mass is 10.3. The number of nitrogens with zero attached hydrogens (tertiary/aromatic N) is 3. The molecule has 1 heterocycles. The summed E-state index contributed by atoms with van der Waals surface area (Å²) >= 11 is 5.13. The third-order valence-corrected chi connectivity index (χ3v) is 3.49. The molecule has 0 fully saturated rings. The number of aryl methyl sites for hydroxylation is 1. The van der Waals surface area contributed by atoms with Crippen LogP contribution in [0, 0.1) is 6.92 Å². The van der Waals surface area contributed by atoms with E-state index in [9.17, 15) is 0 Å². The zero-order chi connectivity index (χ0) is 11.5. The van der Waals surface area contributed by atoms with Gasteiger partial charge in [0.15, 0.2) is 5.16 Å². The van der Waals surface area contributed by atoms with Crippen LogP contribution in [0.1, 0.15) is 12.7 Å². The highest BCUT2D eigenvalue weighted by molar-refractivity contribution is 9.10. The topological polar surface area (TPSA) is 30.7 Å². The molecule has 0 aliphatic rings. The van der Waals surface area contributed by atoms with E-state index < -0.39 is 0 Å². The van der Waals surface area contributed by atoms with Crippen LogP contribution in [0.4, 0.5) is 0 Å². The molecule has 0 saturated carbocycles. The average molecular weight is 298 g/mol. The molecule has 1 aromatic heterocycles. The van der Waals surface area contributed by atoms with Crippen molar-refractivity contribution in [3.05, 3.63) is 34.6 Å². The molecule has 0 saturated heterocycles. The Hall–Kier alpha value is -0.810. The summed E-state index contributed by atoms with van der Waals surface area (Å²) in [5, 5.41) is 9.23. The number of aromatic nitrogens is 3. The summed E-state index contributed by atoms with van der Waals surface area (Å²) in [7, 11) is 0. The van der Waals surface area contributed by atoms with Crippen molar-refractivity contribution in [2.24, 2.45) is 0 Å². The van der Waals surface area contributed by atoms with Gasteiger partial charge in [-0.15, -0.1) is 10.2 Å². The summed E-state index contributed by atoms with van der Waals surface area (Å²) in [5.41, 5.74) is 1.10. The van der Waals surface area contributed by atoms with Crippen molar-refractivity contribution in [3.63, 3.8) is 0 Å². The molecule has 2 rings (SSSR count). The molecule has 0 aliphatic heterocycles. The Balaban J connectivity index is 2.45. The Bertz CT molecular complexity index is 478. The minimum absolute atomic E-state index is 0.915. The number of benzene rings is 1. The highest BCUT2D eigenvalue weighted by Gasteiger charge is 2.09. The zero-order valence-electron chi connectivity index (χ0n) is 9.14. The first-order valence-corrected chi connectivity index (χ1v) is 6.81. The van der Waals surface area contributed by atoms with E-state index in [1.165, 1.54) is 0 Å². The SMILES string of the molecule is CCSc1nnc(C)n1-c1ccc(Br)cc1. The van der Waals surface area contributed by atoms with Gasteiger partial charge < -0.3 is 0 Å². The molecule has 16 heavy (non-hydrogen) atoms. The van der Waals surface area contributed by atoms with Crippen molar-refractivity contribution in [3.8, 4) is 5.69 Å². The smallest absolute Gasteiger partial charge is 0.195 e. The van der Waals surface area contributed by atoms with E-state index >= 15 is 0 Å². The fraction of sp³-hybridized carbons (Fsp3) is 0.273. The largest absolute Gasteiger partial charge is 0.274 e. The third kappa shape index (κ3) is 2.30. The fourth-order valence-electron chi connectivity index (χ4n) is 1.45. The highest BCUT2D eigenvalue weighted by atomic mass is 79.9. The van der Waals surface area contributed by atoms with E-state index in [2.05, 4.69) is 49.8 Å². The minimum atomic E-state index is 0.915. The van der Waals surface area contributed by atoms with Gasteiger partial charge >= 0.3 is 0 Å². The van der Waals surface area contributed by atoms with Gasteiger partial charge in [0, 0.05) is 10.2 Å². The minimum Gasteiger partial charge on any atom is -0.274 e. The monoisotopic (exact) mass is 297 g/mol. The average Bonchev–Trinajstić information content (AvgIpc) is 2.62. The van der Waals surface area contributed by atoms with Crippen LogP contribution in [0.15, 0.2) is 33.9 Å². The Morgan fingerprint density at radius 1 is 1.25 bits per heavy atom. The first-order chi connectivity index (χ1) is 7.72. The van der Waals surface area contributed by atoms with Crippen molar-refractivity contribution in [2.45, 2.75) is 19.0 Å². The molecule has 0 amide bonds. The molecule has 0 bridgehead atoms. The summed E-state index contributed by atoms with van der Waals surface area (Å²) in [6.07, 6.45) is 0. The van der Waals surface area contributed by atoms with E-state index in [-0.39, 0.29) is 0 Å². The third-order valence-electron chi connectivity index (χ3n) is 2.15. The van der Waals surface area contributed by atoms with E-state index in [4.69, 9.17) is 0 Å². The Labute approximate surface area is 107 Å². The van der Waals surface area contributed by atoms with Crippen molar-refractivity contribution >= 4 is 27.7 Å². The van der Waals surface area contributed by atoms with E-state index in [0.717, 1.165) is 26.9 Å². The second-order valence-corrected chi connectivity index (χ2v) is 5.42. The van der Waals surface area contributed by atoms with Gasteiger partial charge in [0.2, 0.25) is 0 Å². The van der Waals surface area contributed by atoms with Crippen molar-refractivity contribution in [2.75, 3.05) is 5.75 Å². The predicted octanol–water partition coefficient (Wildman–Crippen LogP) is 3.45. The maximum atomic E-state index is 4.17. The second-order valence-electron chi connectivity index (χ2n) is 3.27. The number of hydrogen-bond acceptors (Lipinski definition) is 3. The lowest BCUT2D eigenvalue weighted by molar-refractivity contribution is 0.869. The summed E-state index contributed by atoms with van der Waals surface area (Å²) in [6.45, 7) is 4.08. The highest BCUT2D eigenvalue weighted by Crippen LogP contribution is 2.22. The number of hydrogen-bond donors (Lipinski definition) is 0. The predicted molar refractivity (Wildman–Crippen MR) is 70.2 cm³/mol. The normalized spacial score (nSPS) is 10.7. The van der Waals surface area contributed by atoms with E-state index in [0.29, 0.717) is 0 Å². The van der Waals surface area contributed by atoms with Crippen LogP contribution in [0.3, 0.4) is 0 Å². The van der Waals surface area contributed by atoms with Gasteiger partial charge in [-0.1, -0.05) is 34.6 Å². The number of rotatable bonds is 3. The molecule has 1 aromatic carbocycles. The molecule has 0 N–H and O–H groups in total. The van der Waals surface area contributed by atoms with Crippen molar-refractivity contribution in [1.29, 1.82) is 0 Å². The van der Waals surface area contributed by atoms with Crippen LogP contribution in [-0.4, -0.2) is 20.5 Å². The molecule has 0 unspecified atom stereocenters. The molecular weight excluding hydrogens is 286 g/mol. The molecule has 5 heteroatoms. The lowest BCUT2D eigenvalue weighted by Gasteiger charge is -2.07. The van der Waals surface area contributed by atoms with Crippen LogP contribution >= 0.6 is 27.7 Å². The van der Waals surface area contributed by atoms with Gasteiger partial charge in [-0.2, -0.15) is 0 Å². The molecule has 0 atom stereocenters. The van der Waals surface area contributed by atoms with Gasteiger partial charge in [-0.3, -0.25) is 4.57 Å². The second kappa shape index (κ2) is 5.01.